The molecular weight excluding hydrogens is 843 g/mol. The Labute approximate surface area is 357 Å². The van der Waals surface area contributed by atoms with Crippen molar-refractivity contribution in [3.63, 3.8) is 0 Å². The van der Waals surface area contributed by atoms with Crippen molar-refractivity contribution < 1.29 is 50.3 Å². The Kier molecular flexibility index (Phi) is 12.3. The maximum Gasteiger partial charge on any atom is 0.417 e. The van der Waals surface area contributed by atoms with Crippen LogP contribution in [0.2, 0.25) is 0 Å². The van der Waals surface area contributed by atoms with Crippen molar-refractivity contribution in [3.05, 3.63) is 77.4 Å². The summed E-state index contributed by atoms with van der Waals surface area (Å²) in [5, 5.41) is 17.1. The standard InChI is InChI=1S/C42H42F6N8O5S/c1-40(2)38(60)55(28-9-8-25(21-49)31(20-28)41(43,44)45)39(62)56(40)29-10-12-33(30(19-29)24-6-7-24)61-17-16-53-14-15-54(34(22-53)42(46,47)48)23-36(58)51-27-5-3-4-26(18-27)50-32-11-13-35(57)52-37(32)59/h3-5,8-10,12,18-20,24,32,34,50H,6-7,11,13-17,22-23H2,1-2H3,(H,51,58)(H,52,57,59). The van der Waals surface area contributed by atoms with Gasteiger partial charge in [0.25, 0.3) is 5.91 Å². The third-order valence-corrected chi connectivity index (χ3v) is 11.7. The van der Waals surface area contributed by atoms with Gasteiger partial charge in [-0.2, -0.15) is 31.6 Å². The largest absolute Gasteiger partial charge is 0.492 e. The zero-order chi connectivity index (χ0) is 44.7. The molecule has 2 unspecified atom stereocenters. The van der Waals surface area contributed by atoms with E-state index >= 15 is 0 Å². The summed E-state index contributed by atoms with van der Waals surface area (Å²) in [6, 6.07) is 13.5. The molecule has 1 saturated carbocycles. The van der Waals surface area contributed by atoms with Crippen LogP contribution >= 0.6 is 12.2 Å². The van der Waals surface area contributed by atoms with Gasteiger partial charge in [0.1, 0.15) is 30.0 Å². The Morgan fingerprint density at radius 2 is 1.69 bits per heavy atom. The highest BCUT2D eigenvalue weighted by Crippen LogP contribution is 2.47. The summed E-state index contributed by atoms with van der Waals surface area (Å²) in [6.07, 6.45) is -7.34. The zero-order valence-electron chi connectivity index (χ0n) is 33.5. The molecule has 0 spiro atoms. The molecule has 0 aromatic heterocycles. The molecule has 62 heavy (non-hydrogen) atoms. The van der Waals surface area contributed by atoms with Gasteiger partial charge in [0.05, 0.1) is 29.4 Å². The Morgan fingerprint density at radius 1 is 0.968 bits per heavy atom. The Balaban J connectivity index is 0.970. The lowest BCUT2D eigenvalue weighted by atomic mass is 10.0. The number of nitrogens with one attached hydrogen (secondary N) is 3. The van der Waals surface area contributed by atoms with Crippen LogP contribution in [0.25, 0.3) is 0 Å². The SMILES string of the molecule is CC1(C)C(=O)N(c2ccc(C#N)c(C(F)(F)F)c2)C(=S)N1c1ccc(OCCN2CCN(CC(=O)Nc3cccc(NC4CCC(=O)NC4=O)c3)C(C(F)(F)F)C2)c(C2CC2)c1. The molecule has 328 valence electrons. The van der Waals surface area contributed by atoms with E-state index in [1.165, 1.54) is 12.1 Å². The lowest BCUT2D eigenvalue weighted by Crippen LogP contribution is -2.60. The van der Waals surface area contributed by atoms with Crippen LogP contribution in [0.1, 0.15) is 62.1 Å². The number of nitrogens with zero attached hydrogens (tertiary/aromatic N) is 5. The van der Waals surface area contributed by atoms with Crippen molar-refractivity contribution in [3.8, 4) is 11.8 Å². The lowest BCUT2D eigenvalue weighted by molar-refractivity contribution is -0.197. The fourth-order valence-electron chi connectivity index (χ4n) is 7.95. The number of rotatable bonds is 12. The number of halogens is 6. The van der Waals surface area contributed by atoms with Gasteiger partial charge < -0.3 is 20.3 Å². The highest BCUT2D eigenvalue weighted by molar-refractivity contribution is 7.81. The summed E-state index contributed by atoms with van der Waals surface area (Å²) in [4.78, 5) is 55.7. The number of nitriles is 1. The topological polar surface area (TPSA) is 150 Å². The Hall–Kier alpha value is -5.78. The van der Waals surface area contributed by atoms with E-state index in [0.717, 1.165) is 40.3 Å². The molecule has 7 rings (SSSR count). The van der Waals surface area contributed by atoms with Crippen LogP contribution in [0.4, 0.5) is 49.1 Å². The molecule has 3 aromatic rings. The number of hydrogen-bond donors (Lipinski definition) is 3. The number of hydrogen-bond acceptors (Lipinski definition) is 10. The van der Waals surface area contributed by atoms with E-state index in [4.69, 9.17) is 17.0 Å². The van der Waals surface area contributed by atoms with E-state index in [0.29, 0.717) is 22.8 Å². The Bertz CT molecular complexity index is 2330. The van der Waals surface area contributed by atoms with Gasteiger partial charge >= 0.3 is 12.4 Å². The fourth-order valence-corrected chi connectivity index (χ4v) is 8.47. The third kappa shape index (κ3) is 9.49. The molecule has 0 radical (unpaired) electrons. The first-order valence-electron chi connectivity index (χ1n) is 19.8. The van der Waals surface area contributed by atoms with Crippen molar-refractivity contribution in [2.45, 2.75) is 75.4 Å². The van der Waals surface area contributed by atoms with Gasteiger partial charge in [-0.3, -0.25) is 39.2 Å². The van der Waals surface area contributed by atoms with E-state index in [-0.39, 0.29) is 61.7 Å². The number of carbonyl (C=O) groups is 4. The highest BCUT2D eigenvalue weighted by Gasteiger charge is 2.51. The molecule has 4 amide bonds. The van der Waals surface area contributed by atoms with E-state index in [1.54, 1.807) is 60.0 Å². The highest BCUT2D eigenvalue weighted by atomic mass is 32.1. The van der Waals surface area contributed by atoms with E-state index in [9.17, 15) is 50.8 Å². The second-order valence-corrected chi connectivity index (χ2v) is 16.5. The number of carbonyl (C=O) groups excluding carboxylic acids is 4. The van der Waals surface area contributed by atoms with E-state index < -0.39 is 71.9 Å². The molecule has 4 aliphatic rings. The van der Waals surface area contributed by atoms with Gasteiger partial charge in [-0.05, 0) is 111 Å². The number of alkyl halides is 6. The summed E-state index contributed by atoms with van der Waals surface area (Å²) < 4.78 is 90.8. The van der Waals surface area contributed by atoms with E-state index in [2.05, 4.69) is 16.0 Å². The van der Waals surface area contributed by atoms with Crippen LogP contribution in [-0.2, 0) is 25.4 Å². The zero-order valence-corrected chi connectivity index (χ0v) is 34.3. The van der Waals surface area contributed by atoms with Crippen molar-refractivity contribution in [2.75, 3.05) is 59.8 Å². The fraction of sp³-hybridized carbons (Fsp3) is 0.429. The second-order valence-electron chi connectivity index (χ2n) is 16.1. The minimum atomic E-state index is -4.85. The second kappa shape index (κ2) is 17.2. The van der Waals surface area contributed by atoms with Crippen molar-refractivity contribution in [1.82, 2.24) is 15.1 Å². The molecule has 3 saturated heterocycles. The molecule has 3 heterocycles. The van der Waals surface area contributed by atoms with Gasteiger partial charge in [0.2, 0.25) is 17.7 Å². The number of piperidine rings is 1. The predicted octanol–water partition coefficient (Wildman–Crippen LogP) is 6.15. The van der Waals surface area contributed by atoms with Gasteiger partial charge in [-0.15, -0.1) is 0 Å². The average molecular weight is 885 g/mol. The minimum absolute atomic E-state index is 0.0437. The van der Waals surface area contributed by atoms with Crippen LogP contribution in [0.15, 0.2) is 60.7 Å². The minimum Gasteiger partial charge on any atom is -0.492 e. The lowest BCUT2D eigenvalue weighted by Gasteiger charge is -2.41. The summed E-state index contributed by atoms with van der Waals surface area (Å²) in [7, 11) is 0. The van der Waals surface area contributed by atoms with Crippen molar-refractivity contribution >= 4 is 63.7 Å². The number of anilines is 4. The maximum atomic E-state index is 14.4. The molecule has 4 fully saturated rings. The maximum absolute atomic E-state index is 14.4. The molecule has 0 bridgehead atoms. The third-order valence-electron chi connectivity index (χ3n) is 11.3. The molecule has 13 nitrogen and oxygen atoms in total. The van der Waals surface area contributed by atoms with Crippen LogP contribution in [0.5, 0.6) is 5.75 Å². The van der Waals surface area contributed by atoms with Crippen LogP contribution in [-0.4, -0.2) is 102 Å². The van der Waals surface area contributed by atoms with Gasteiger partial charge in [-0.1, -0.05) is 6.07 Å². The molecule has 1 aliphatic carbocycles. The number of amides is 4. The van der Waals surface area contributed by atoms with Crippen molar-refractivity contribution in [1.29, 1.82) is 5.26 Å². The quantitative estimate of drug-likeness (QED) is 0.109. The monoisotopic (exact) mass is 884 g/mol. The number of ether oxygens (including phenoxy) is 1. The number of benzene rings is 3. The molecule has 20 heteroatoms. The summed E-state index contributed by atoms with van der Waals surface area (Å²) >= 11 is 5.70. The van der Waals surface area contributed by atoms with E-state index in [1.807, 2.05) is 6.07 Å². The molecule has 3 aliphatic heterocycles. The Morgan fingerprint density at radius 3 is 2.37 bits per heavy atom. The van der Waals surface area contributed by atoms with Crippen LogP contribution in [0.3, 0.4) is 0 Å². The number of imide groups is 1. The smallest absolute Gasteiger partial charge is 0.417 e. The molecule has 3 aromatic carbocycles. The predicted molar refractivity (Wildman–Crippen MR) is 219 cm³/mol. The van der Waals surface area contributed by atoms with Crippen molar-refractivity contribution in [2.24, 2.45) is 0 Å². The molecule has 2 atom stereocenters. The summed E-state index contributed by atoms with van der Waals surface area (Å²) in [5.74, 6) is -1.44. The number of thiocarbonyl (C=S) groups is 1. The van der Waals surface area contributed by atoms with Gasteiger partial charge in [0, 0.05) is 49.7 Å². The van der Waals surface area contributed by atoms with Gasteiger partial charge in [0.15, 0.2) is 5.11 Å². The average Bonchev–Trinajstić information content (AvgIpc) is 4.03. The first-order chi connectivity index (χ1) is 29.2. The molecule has 3 N–H and O–H groups in total. The molecular formula is C42H42F6N8O5S. The number of piperazine rings is 1. The first kappa shape index (κ1) is 44.3. The van der Waals surface area contributed by atoms with Crippen LogP contribution in [0, 0.1) is 11.3 Å². The van der Waals surface area contributed by atoms with Gasteiger partial charge in [-0.25, -0.2) is 0 Å². The summed E-state index contributed by atoms with van der Waals surface area (Å²) in [6.45, 7) is 2.69. The first-order valence-corrected chi connectivity index (χ1v) is 20.3. The normalized spacial score (nSPS) is 21.1. The van der Waals surface area contributed by atoms with Crippen LogP contribution < -0.4 is 30.5 Å². The summed E-state index contributed by atoms with van der Waals surface area (Å²) in [5.41, 5.74) is -1.13.